The summed E-state index contributed by atoms with van der Waals surface area (Å²) in [5, 5.41) is 0. The van der Waals surface area contributed by atoms with Crippen molar-refractivity contribution in [3.05, 3.63) is 0 Å². The van der Waals surface area contributed by atoms with Crippen LogP contribution in [0.4, 0.5) is 0 Å². The number of hydrogen-bond acceptors (Lipinski definition) is 0. The molecule has 0 saturated heterocycles. The van der Waals surface area contributed by atoms with Gasteiger partial charge in [0.25, 0.3) is 0 Å². The quantitative estimate of drug-likeness (QED) is 0.172. The summed E-state index contributed by atoms with van der Waals surface area (Å²) in [7, 11) is 0. The van der Waals surface area contributed by atoms with E-state index in [0.717, 1.165) is 45.8 Å². The lowest BCUT2D eigenvalue weighted by atomic mass is 9.63. The van der Waals surface area contributed by atoms with Crippen molar-refractivity contribution in [1.82, 2.24) is 0 Å². The third-order valence-corrected chi connectivity index (χ3v) is 23.6. The van der Waals surface area contributed by atoms with Crippen molar-refractivity contribution >= 4 is 0 Å². The summed E-state index contributed by atoms with van der Waals surface area (Å²) in [5.41, 5.74) is 5.00. The predicted octanol–water partition coefficient (Wildman–Crippen LogP) is 28.1. The highest BCUT2D eigenvalue weighted by molar-refractivity contribution is 4.88. The zero-order valence-electron chi connectivity index (χ0n) is 57.3. The smallest absolute Gasteiger partial charge is 0.0298 e. The molecule has 0 bridgehead atoms. The molecule has 8 rings (SSSR count). The first kappa shape index (κ1) is 73.1. The van der Waals surface area contributed by atoms with Gasteiger partial charge in [0.1, 0.15) is 0 Å². The molecule has 0 amide bonds. The second kappa shape index (κ2) is 38.8. The molecule has 8 saturated carbocycles. The zero-order valence-corrected chi connectivity index (χ0v) is 57.3. The fourth-order valence-corrected chi connectivity index (χ4v) is 17.0. The summed E-state index contributed by atoms with van der Waals surface area (Å²) in [6.45, 7) is 40.8. The van der Waals surface area contributed by atoms with Crippen molar-refractivity contribution in [2.24, 2.45) is 67.5 Å². The van der Waals surface area contributed by atoms with Gasteiger partial charge < -0.3 is 0 Å². The van der Waals surface area contributed by atoms with E-state index in [9.17, 15) is 0 Å². The van der Waals surface area contributed by atoms with E-state index in [-0.39, 0.29) is 0 Å². The van der Waals surface area contributed by atoms with E-state index < -0.39 is 0 Å². The highest BCUT2D eigenvalue weighted by atomic mass is 14.4. The third kappa shape index (κ3) is 31.5. The minimum atomic E-state index is 0.659. The highest BCUT2D eigenvalue weighted by Crippen LogP contribution is 2.49. The van der Waals surface area contributed by atoms with Crippen LogP contribution in [0.5, 0.6) is 0 Å². The minimum absolute atomic E-state index is 0.659. The Morgan fingerprint density at radius 1 is 0.325 bits per heavy atom. The van der Waals surface area contributed by atoms with Crippen molar-refractivity contribution in [3.63, 3.8) is 0 Å². The Balaban J connectivity index is 0.000000308. The topological polar surface area (TPSA) is 0 Å². The summed E-state index contributed by atoms with van der Waals surface area (Å²) in [5.74, 6) is 4.72. The van der Waals surface area contributed by atoms with Crippen LogP contribution in [0.25, 0.3) is 0 Å². The lowest BCUT2D eigenvalue weighted by molar-refractivity contribution is 0.0876. The first-order chi connectivity index (χ1) is 36.4. The Morgan fingerprint density at radius 2 is 0.610 bits per heavy atom. The van der Waals surface area contributed by atoms with Gasteiger partial charge in [0.05, 0.1) is 0 Å². The molecular formula is C77H152. The monoisotopic (exact) mass is 1080 g/mol. The Bertz CT molecular complexity index is 1340. The van der Waals surface area contributed by atoms with Crippen LogP contribution in [0, 0.1) is 67.5 Å². The fraction of sp³-hybridized carbons (Fsp3) is 1.00. The molecule has 0 radical (unpaired) electrons. The maximum Gasteiger partial charge on any atom is -0.0298 e. The molecule has 8 aliphatic rings. The van der Waals surface area contributed by atoms with Gasteiger partial charge in [-0.05, 0) is 196 Å². The van der Waals surface area contributed by atoms with Crippen LogP contribution in [-0.4, -0.2) is 0 Å². The van der Waals surface area contributed by atoms with E-state index in [1.807, 2.05) is 0 Å². The molecule has 0 unspecified atom stereocenters. The van der Waals surface area contributed by atoms with Gasteiger partial charge in [-0.3, -0.25) is 0 Å². The lowest BCUT2D eigenvalue weighted by Crippen LogP contribution is -2.31. The molecule has 0 aromatic carbocycles. The molecule has 0 heterocycles. The van der Waals surface area contributed by atoms with Gasteiger partial charge in [0.2, 0.25) is 0 Å². The standard InChI is InChI=1S/C13H24.4C11H22.2C10H20/c1-13(10-6-3-7-11-13)12-8-4-2-5-9-12;1-9(2)11(4)7-5-10(3)6-8-11;1-10(2)9-11(3)7-5-4-6-8-11;1-3-11(2)9-7-5-4-6-8-10-11;1-3-4-8-11(2)9-6-5-7-10-11;1-9(2)8-10(3)6-4-5-7-10;1-3-4-7-10(2)8-5-6-9-10/h12H,2-11H2,1H3;9-10H,5-8H2,1-4H3;10H,4-9H2,1-3H3;2*3-10H2,1-2H3;9H,4-8H2,1-3H3;3-9H2,1-2H3. The summed E-state index contributed by atoms with van der Waals surface area (Å²) in [4.78, 5) is 0. The van der Waals surface area contributed by atoms with Crippen molar-refractivity contribution in [2.45, 2.75) is 426 Å². The highest BCUT2D eigenvalue weighted by Gasteiger charge is 2.36. The molecule has 0 aromatic rings. The maximum atomic E-state index is 2.57. The molecule has 8 fully saturated rings. The van der Waals surface area contributed by atoms with Crippen molar-refractivity contribution in [1.29, 1.82) is 0 Å². The molecule has 77 heavy (non-hydrogen) atoms. The second-order valence-electron chi connectivity index (χ2n) is 33.2. The summed E-state index contributed by atoms with van der Waals surface area (Å²) >= 11 is 0. The van der Waals surface area contributed by atoms with E-state index in [1.165, 1.54) is 308 Å². The average Bonchev–Trinajstić information content (AvgIpc) is 4.04. The molecule has 0 N–H and O–H groups in total. The molecule has 8 aliphatic carbocycles. The maximum absolute atomic E-state index is 2.57. The third-order valence-electron chi connectivity index (χ3n) is 23.6. The SMILES string of the molecule is CC(C)CC1(C)CCCC1.CC(C)CC1(C)CCCCC1.CC1(C2CCCCC2)CCCCC1.CC1CCC(C)(C(C)C)CC1.CCC1(C)CCCCCCC1.CCCCC1(C)CCCC1.CCCCC1(C)CCCCC1. The Labute approximate surface area is 490 Å². The lowest BCUT2D eigenvalue weighted by Gasteiger charge is -2.42. The predicted molar refractivity (Wildman–Crippen MR) is 353 cm³/mol. The molecule has 460 valence electrons. The van der Waals surface area contributed by atoms with E-state index in [1.54, 1.807) is 0 Å². The molecular weight excluding hydrogens is 925 g/mol. The van der Waals surface area contributed by atoms with Crippen LogP contribution in [0.15, 0.2) is 0 Å². The Kier molecular flexibility index (Phi) is 36.8. The van der Waals surface area contributed by atoms with Gasteiger partial charge in [-0.2, -0.15) is 0 Å². The van der Waals surface area contributed by atoms with E-state index in [2.05, 4.69) is 118 Å². The molecule has 0 nitrogen and oxygen atoms in total. The molecule has 0 heteroatoms. The molecule has 0 atom stereocenters. The number of rotatable bonds is 13. The zero-order chi connectivity index (χ0) is 57.3. The van der Waals surface area contributed by atoms with Crippen molar-refractivity contribution in [3.8, 4) is 0 Å². The van der Waals surface area contributed by atoms with Crippen LogP contribution < -0.4 is 0 Å². The van der Waals surface area contributed by atoms with Crippen LogP contribution >= 0.6 is 0 Å². The van der Waals surface area contributed by atoms with Gasteiger partial charge in [-0.1, -0.05) is 297 Å². The average molecular weight is 1080 g/mol. The molecule has 0 spiro atoms. The Hall–Kier alpha value is 0. The fourth-order valence-electron chi connectivity index (χ4n) is 17.0. The van der Waals surface area contributed by atoms with Gasteiger partial charge in [0, 0.05) is 0 Å². The number of hydrogen-bond donors (Lipinski definition) is 0. The minimum Gasteiger partial charge on any atom is -0.0654 e. The van der Waals surface area contributed by atoms with Crippen LogP contribution in [-0.2, 0) is 0 Å². The van der Waals surface area contributed by atoms with Crippen LogP contribution in [0.1, 0.15) is 426 Å². The van der Waals surface area contributed by atoms with E-state index in [0.29, 0.717) is 21.7 Å². The van der Waals surface area contributed by atoms with Gasteiger partial charge in [0.15, 0.2) is 0 Å². The van der Waals surface area contributed by atoms with Gasteiger partial charge in [-0.25, -0.2) is 0 Å². The van der Waals surface area contributed by atoms with Crippen molar-refractivity contribution < 1.29 is 0 Å². The van der Waals surface area contributed by atoms with Crippen molar-refractivity contribution in [2.75, 3.05) is 0 Å². The van der Waals surface area contributed by atoms with E-state index in [4.69, 9.17) is 0 Å². The number of unbranched alkanes of at least 4 members (excludes halogenated alkanes) is 2. The molecule has 0 aromatic heterocycles. The Morgan fingerprint density at radius 3 is 0.935 bits per heavy atom. The first-order valence-corrected chi connectivity index (χ1v) is 36.4. The largest absolute Gasteiger partial charge is 0.0654 e. The van der Waals surface area contributed by atoms with Crippen LogP contribution in [0.3, 0.4) is 0 Å². The van der Waals surface area contributed by atoms with E-state index >= 15 is 0 Å². The normalized spacial score (nSPS) is 27.4. The summed E-state index contributed by atoms with van der Waals surface area (Å²) in [6.07, 6.45) is 70.9. The summed E-state index contributed by atoms with van der Waals surface area (Å²) in [6, 6.07) is 0. The second-order valence-corrected chi connectivity index (χ2v) is 33.2. The summed E-state index contributed by atoms with van der Waals surface area (Å²) < 4.78 is 0. The molecule has 0 aliphatic heterocycles. The first-order valence-electron chi connectivity index (χ1n) is 36.4. The van der Waals surface area contributed by atoms with Gasteiger partial charge in [-0.15, -0.1) is 0 Å². The van der Waals surface area contributed by atoms with Gasteiger partial charge >= 0.3 is 0 Å². The van der Waals surface area contributed by atoms with Crippen LogP contribution in [0.2, 0.25) is 0 Å².